The van der Waals surface area contributed by atoms with Gasteiger partial charge in [0.1, 0.15) is 17.1 Å². The second kappa shape index (κ2) is 12.1. The summed E-state index contributed by atoms with van der Waals surface area (Å²) in [4.78, 5) is 0. The molecular weight excluding hydrogens is 622 g/mol. The Morgan fingerprint density at radius 1 is 0.625 bits per heavy atom. The molecule has 0 saturated heterocycles. The van der Waals surface area contributed by atoms with E-state index < -0.39 is 19.8 Å². The van der Waals surface area contributed by atoms with Gasteiger partial charge in [-0.05, 0) is 23.0 Å². The van der Waals surface area contributed by atoms with Crippen molar-refractivity contribution in [2.45, 2.75) is 53.4 Å². The first kappa shape index (κ1) is 32.0. The van der Waals surface area contributed by atoms with Gasteiger partial charge in [-0.1, -0.05) is 119 Å². The predicted molar refractivity (Wildman–Crippen MR) is 177 cm³/mol. The van der Waals surface area contributed by atoms with Gasteiger partial charge in [-0.25, -0.2) is 0 Å². The Balaban J connectivity index is 1.51. The highest BCUT2D eigenvalue weighted by molar-refractivity contribution is 6.59. The average Bonchev–Trinajstić information content (AvgIpc) is 3.82. The number of aromatic nitrogens is 2. The van der Waals surface area contributed by atoms with Crippen LogP contribution in [0.1, 0.15) is 64.8 Å². The van der Waals surface area contributed by atoms with E-state index in [2.05, 4.69) is 38.1 Å². The van der Waals surface area contributed by atoms with E-state index >= 15 is 17.3 Å². The predicted octanol–water partition coefficient (Wildman–Crippen LogP) is 9.30. The summed E-state index contributed by atoms with van der Waals surface area (Å²) in [5.74, 6) is 0.455. The van der Waals surface area contributed by atoms with Crippen molar-refractivity contribution in [3.05, 3.63) is 90.0 Å². The van der Waals surface area contributed by atoms with Crippen molar-refractivity contribution in [3.63, 3.8) is 0 Å². The first-order valence-corrected chi connectivity index (χ1v) is 16.8. The number of nitrogens with zero attached hydrogens (tertiary/aromatic N) is 6. The normalized spacial score (nSPS) is 16.9. The molecule has 0 radical (unpaired) electrons. The van der Waals surface area contributed by atoms with Crippen LogP contribution in [0.3, 0.4) is 0 Å². The Labute approximate surface area is 277 Å². The number of fused-ring (bicyclic) bond motifs is 4. The Hall–Kier alpha value is -4.61. The first-order valence-electron chi connectivity index (χ1n) is 16.8. The standard InChI is InChI=1S/C34H38B2F4N6O2/c1-5-23(6-2)21-47-29-19-27-31-28-20-30(48-22-24(7-3)8-4)33(26-17-13-10-14-18-26)44(28)36(39,40)46-34(31)45(41-42-46)35(37,38)43(27)32(29)25-15-11-9-12-16-25/h9-20,23-24H,5-8,21-22H2,1-4H3. The van der Waals surface area contributed by atoms with Crippen LogP contribution in [0.2, 0.25) is 0 Å². The summed E-state index contributed by atoms with van der Waals surface area (Å²) in [6, 6.07) is 20.7. The van der Waals surface area contributed by atoms with Crippen LogP contribution in [0, 0.1) is 11.8 Å². The quantitative estimate of drug-likeness (QED) is 0.112. The molecule has 48 heavy (non-hydrogen) atoms. The Bertz CT molecular complexity index is 1810. The molecule has 0 aliphatic carbocycles. The fourth-order valence-corrected chi connectivity index (χ4v) is 6.97. The minimum absolute atomic E-state index is 0.0400. The Morgan fingerprint density at radius 3 is 1.35 bits per heavy atom. The number of benzene rings is 2. The van der Waals surface area contributed by atoms with E-state index in [1.807, 2.05) is 0 Å². The monoisotopic (exact) mass is 660 g/mol. The van der Waals surface area contributed by atoms with Crippen LogP contribution in [0.5, 0.6) is 11.5 Å². The van der Waals surface area contributed by atoms with E-state index in [1.54, 1.807) is 72.8 Å². The van der Waals surface area contributed by atoms with Gasteiger partial charge in [-0.2, -0.15) is 4.61 Å². The average molecular weight is 660 g/mol. The maximum atomic E-state index is 16.8. The van der Waals surface area contributed by atoms with Crippen molar-refractivity contribution in [3.8, 4) is 34.0 Å². The highest BCUT2D eigenvalue weighted by Crippen LogP contribution is 2.52. The molecule has 2 aromatic carbocycles. The van der Waals surface area contributed by atoms with Crippen LogP contribution in [-0.2, 0) is 0 Å². The molecule has 0 bridgehead atoms. The summed E-state index contributed by atoms with van der Waals surface area (Å²) in [6.45, 7) is -0.662. The van der Waals surface area contributed by atoms with E-state index in [9.17, 15) is 0 Å². The van der Waals surface area contributed by atoms with Crippen LogP contribution < -0.4 is 9.47 Å². The van der Waals surface area contributed by atoms with Gasteiger partial charge < -0.3 is 35.7 Å². The van der Waals surface area contributed by atoms with Gasteiger partial charge >= 0.3 is 25.0 Å². The van der Waals surface area contributed by atoms with Crippen LogP contribution in [0.4, 0.5) is 17.3 Å². The van der Waals surface area contributed by atoms with E-state index in [0.29, 0.717) is 33.6 Å². The number of hydrogen-bond acceptors (Lipinski definition) is 4. The van der Waals surface area contributed by atoms with Crippen molar-refractivity contribution < 1.29 is 36.0 Å². The molecule has 250 valence electrons. The van der Waals surface area contributed by atoms with Gasteiger partial charge in [-0.3, -0.25) is 0 Å². The highest BCUT2D eigenvalue weighted by Gasteiger charge is 2.67. The fourth-order valence-electron chi connectivity index (χ4n) is 6.97. The second-order valence-electron chi connectivity index (χ2n) is 12.7. The van der Waals surface area contributed by atoms with Crippen molar-refractivity contribution in [2.24, 2.45) is 22.3 Å². The SMILES string of the molecule is CCC(CC)COc1cc2n(c1-c1ccccc1)[B-](F)(F)[N+]1=NN=[N+]3C1=C2c1cc(OCC(CC)CC)c(-c2ccccc2)n1[B-]3(F)F. The molecule has 0 unspecified atom stereocenters. The molecule has 0 N–H and O–H groups in total. The number of halogens is 4. The third-order valence-corrected chi connectivity index (χ3v) is 9.97. The lowest BCUT2D eigenvalue weighted by Gasteiger charge is -2.35. The molecule has 0 fully saturated rings. The number of rotatable bonds is 12. The third kappa shape index (κ3) is 4.82. The van der Waals surface area contributed by atoms with Crippen molar-refractivity contribution in [1.29, 1.82) is 0 Å². The maximum absolute atomic E-state index is 16.8. The molecule has 5 heterocycles. The summed E-state index contributed by atoms with van der Waals surface area (Å²) in [5, 5.41) is 7.39. The Kier molecular flexibility index (Phi) is 8.07. The summed E-state index contributed by atoms with van der Waals surface area (Å²) in [7, 11) is 0. The van der Waals surface area contributed by atoms with Crippen molar-refractivity contribution in [1.82, 2.24) is 8.96 Å². The molecule has 4 aromatic rings. The van der Waals surface area contributed by atoms with Gasteiger partial charge in [0.2, 0.25) is 5.22 Å². The zero-order valence-corrected chi connectivity index (χ0v) is 27.5. The lowest BCUT2D eigenvalue weighted by molar-refractivity contribution is -0.580. The highest BCUT2D eigenvalue weighted by atomic mass is 19.3. The first-order chi connectivity index (χ1) is 23.2. The summed E-state index contributed by atoms with van der Waals surface area (Å²) in [6.07, 6.45) is 3.43. The molecule has 8 nitrogen and oxygen atoms in total. The third-order valence-electron chi connectivity index (χ3n) is 9.97. The minimum Gasteiger partial charge on any atom is -0.491 e. The molecule has 0 saturated carbocycles. The lowest BCUT2D eigenvalue weighted by Crippen LogP contribution is -2.57. The minimum atomic E-state index is -4.77. The van der Waals surface area contributed by atoms with Gasteiger partial charge in [0, 0.05) is 23.5 Å². The van der Waals surface area contributed by atoms with Crippen LogP contribution >= 0.6 is 0 Å². The summed E-state index contributed by atoms with van der Waals surface area (Å²) < 4.78 is 82.5. The molecule has 2 aromatic heterocycles. The maximum Gasteiger partial charge on any atom is 0.723 e. The molecule has 0 amide bonds. The molecule has 14 heteroatoms. The number of hydrogen-bond donors (Lipinski definition) is 0. The van der Waals surface area contributed by atoms with Crippen LogP contribution in [-0.4, -0.2) is 45.3 Å². The smallest absolute Gasteiger partial charge is 0.491 e. The van der Waals surface area contributed by atoms with E-state index in [4.69, 9.17) is 9.47 Å². The zero-order valence-electron chi connectivity index (χ0n) is 27.5. The van der Waals surface area contributed by atoms with E-state index in [-0.39, 0.29) is 51.7 Å². The van der Waals surface area contributed by atoms with Gasteiger partial charge in [0.25, 0.3) is 0 Å². The number of ether oxygens (including phenoxy) is 2. The van der Waals surface area contributed by atoms with Crippen LogP contribution in [0.25, 0.3) is 28.1 Å². The van der Waals surface area contributed by atoms with Gasteiger partial charge in [-0.15, -0.1) is 0 Å². The molecular formula is C34H38B2F4N6O2. The van der Waals surface area contributed by atoms with Gasteiger partial charge in [0.15, 0.2) is 0 Å². The Morgan fingerprint density at radius 2 is 1.00 bits per heavy atom. The summed E-state index contributed by atoms with van der Waals surface area (Å²) in [5.41, 5.74) is 1.53. The lowest BCUT2D eigenvalue weighted by atomic mass is 9.83. The molecule has 7 rings (SSSR count). The van der Waals surface area contributed by atoms with Gasteiger partial charge in [0.05, 0.1) is 24.6 Å². The summed E-state index contributed by atoms with van der Waals surface area (Å²) >= 11 is 0. The molecule has 3 aliphatic heterocycles. The van der Waals surface area contributed by atoms with Crippen molar-refractivity contribution >= 4 is 19.5 Å². The fraction of sp³-hybridized carbons (Fsp3) is 0.353. The topological polar surface area (TPSA) is 59.1 Å². The van der Waals surface area contributed by atoms with E-state index in [1.165, 1.54) is 0 Å². The second-order valence-corrected chi connectivity index (χ2v) is 12.7. The molecule has 0 spiro atoms. The zero-order chi connectivity index (χ0) is 33.8. The largest absolute Gasteiger partial charge is 0.723 e. The molecule has 0 atom stereocenters. The van der Waals surface area contributed by atoms with Crippen molar-refractivity contribution in [2.75, 3.05) is 13.2 Å². The molecule has 3 aliphatic rings. The van der Waals surface area contributed by atoms with E-state index in [0.717, 1.165) is 34.6 Å². The van der Waals surface area contributed by atoms with Crippen LogP contribution in [0.15, 0.2) is 89.1 Å².